The van der Waals surface area contributed by atoms with Crippen LogP contribution in [0, 0.1) is 0 Å². The highest BCUT2D eigenvalue weighted by Crippen LogP contribution is 2.16. The number of nitrogens with zero attached hydrogens (tertiary/aromatic N) is 2. The number of nitrogens with two attached hydrogens (primary N) is 1. The van der Waals surface area contributed by atoms with E-state index < -0.39 is 12.2 Å². The summed E-state index contributed by atoms with van der Waals surface area (Å²) in [5.41, 5.74) is 8.41. The topological polar surface area (TPSA) is 88.2 Å². The Morgan fingerprint density at radius 1 is 1.48 bits per heavy atom. The zero-order valence-electron chi connectivity index (χ0n) is 16.5. The van der Waals surface area contributed by atoms with Crippen molar-refractivity contribution in [2.75, 3.05) is 20.1 Å². The summed E-state index contributed by atoms with van der Waals surface area (Å²) >= 11 is 0. The largest absolute Gasteiger partial charge is 0.465 e. The lowest BCUT2D eigenvalue weighted by Gasteiger charge is -2.28. The molecule has 0 fully saturated rings. The first kappa shape index (κ1) is 22.4. The van der Waals surface area contributed by atoms with Gasteiger partial charge in [-0.1, -0.05) is 36.5 Å². The number of hydrogen-bond acceptors (Lipinski definition) is 4. The number of carbonyl (C=O) groups is 1. The van der Waals surface area contributed by atoms with Crippen molar-refractivity contribution < 1.29 is 14.6 Å². The molecule has 0 aliphatic heterocycles. The van der Waals surface area contributed by atoms with Crippen molar-refractivity contribution in [2.24, 2.45) is 10.7 Å². The molecular formula is C21H31N3O3. The minimum atomic E-state index is -0.974. The van der Waals surface area contributed by atoms with E-state index in [1.165, 1.54) is 4.90 Å². The van der Waals surface area contributed by atoms with E-state index in [0.29, 0.717) is 18.7 Å². The Hall–Kier alpha value is -2.60. The number of ether oxygens (including phenoxy) is 1. The van der Waals surface area contributed by atoms with Crippen LogP contribution in [0.4, 0.5) is 4.79 Å². The van der Waals surface area contributed by atoms with Crippen LogP contribution in [0.15, 0.2) is 64.9 Å². The summed E-state index contributed by atoms with van der Waals surface area (Å²) < 4.78 is 5.96. The van der Waals surface area contributed by atoms with Crippen molar-refractivity contribution in [3.63, 3.8) is 0 Å². The molecule has 6 heteroatoms. The van der Waals surface area contributed by atoms with E-state index in [9.17, 15) is 9.90 Å². The molecule has 1 aliphatic carbocycles. The van der Waals surface area contributed by atoms with E-state index in [1.807, 2.05) is 38.2 Å². The Morgan fingerprint density at radius 2 is 2.22 bits per heavy atom. The Morgan fingerprint density at radius 3 is 2.81 bits per heavy atom. The number of aliphatic imine (C=N–C) groups is 1. The van der Waals surface area contributed by atoms with Gasteiger partial charge in [-0.2, -0.15) is 0 Å². The maximum absolute atomic E-state index is 11.8. The van der Waals surface area contributed by atoms with Crippen LogP contribution in [0.5, 0.6) is 0 Å². The highest BCUT2D eigenvalue weighted by Gasteiger charge is 2.22. The molecule has 1 atom stereocenters. The van der Waals surface area contributed by atoms with Gasteiger partial charge in [0.1, 0.15) is 6.10 Å². The van der Waals surface area contributed by atoms with Gasteiger partial charge in [-0.15, -0.1) is 0 Å². The molecule has 0 aromatic heterocycles. The third-order valence-electron chi connectivity index (χ3n) is 3.96. The Labute approximate surface area is 162 Å². The van der Waals surface area contributed by atoms with E-state index in [2.05, 4.69) is 11.6 Å². The molecule has 27 heavy (non-hydrogen) atoms. The van der Waals surface area contributed by atoms with Crippen LogP contribution >= 0.6 is 0 Å². The fourth-order valence-electron chi connectivity index (χ4n) is 2.69. The fraction of sp³-hybridized carbons (Fsp3) is 0.429. The smallest absolute Gasteiger partial charge is 0.407 e. The summed E-state index contributed by atoms with van der Waals surface area (Å²) in [7, 11) is 1.67. The van der Waals surface area contributed by atoms with Gasteiger partial charge in [0.05, 0.1) is 12.6 Å². The average Bonchev–Trinajstić information content (AvgIpc) is 2.81. The zero-order chi connectivity index (χ0) is 20.2. The molecule has 3 N–H and O–H groups in total. The molecule has 0 saturated carbocycles. The second-order valence-electron chi connectivity index (χ2n) is 6.54. The normalized spacial score (nSPS) is 16.1. The van der Waals surface area contributed by atoms with Crippen molar-refractivity contribution in [2.45, 2.75) is 38.9 Å². The molecule has 148 valence electrons. The van der Waals surface area contributed by atoms with E-state index in [4.69, 9.17) is 10.5 Å². The lowest BCUT2D eigenvalue weighted by atomic mass is 10.1. The van der Waals surface area contributed by atoms with Gasteiger partial charge in [0.25, 0.3) is 0 Å². The van der Waals surface area contributed by atoms with Gasteiger partial charge in [-0.3, -0.25) is 4.99 Å². The van der Waals surface area contributed by atoms with Gasteiger partial charge in [0, 0.05) is 31.1 Å². The number of allylic oxidation sites excluding steroid dienone is 6. The minimum absolute atomic E-state index is 0.0491. The number of hydrogen-bond donors (Lipinski definition) is 2. The Bertz CT molecular complexity index is 658. The van der Waals surface area contributed by atoms with E-state index in [-0.39, 0.29) is 12.6 Å². The molecule has 0 radical (unpaired) electrons. The average molecular weight is 373 g/mol. The summed E-state index contributed by atoms with van der Waals surface area (Å²) in [4.78, 5) is 17.2. The van der Waals surface area contributed by atoms with Gasteiger partial charge in [-0.05, 0) is 38.8 Å². The van der Waals surface area contributed by atoms with Crippen molar-refractivity contribution in [1.82, 2.24) is 4.90 Å². The molecule has 0 saturated heterocycles. The summed E-state index contributed by atoms with van der Waals surface area (Å²) in [6.07, 6.45) is 12.8. The molecule has 1 amide bonds. The van der Waals surface area contributed by atoms with Crippen LogP contribution in [0.25, 0.3) is 0 Å². The molecule has 6 nitrogen and oxygen atoms in total. The first-order valence-corrected chi connectivity index (χ1v) is 9.07. The van der Waals surface area contributed by atoms with Crippen LogP contribution in [-0.4, -0.2) is 54.7 Å². The van der Waals surface area contributed by atoms with Crippen molar-refractivity contribution in [3.8, 4) is 0 Å². The molecule has 1 rings (SSSR count). The first-order chi connectivity index (χ1) is 12.9. The lowest BCUT2D eigenvalue weighted by molar-refractivity contribution is 0.0133. The van der Waals surface area contributed by atoms with Crippen molar-refractivity contribution in [1.29, 1.82) is 0 Å². The van der Waals surface area contributed by atoms with Gasteiger partial charge in [-0.25, -0.2) is 4.79 Å². The maximum Gasteiger partial charge on any atom is 0.407 e. The monoisotopic (exact) mass is 373 g/mol. The van der Waals surface area contributed by atoms with Gasteiger partial charge >= 0.3 is 6.09 Å². The SMILES string of the molecule is C=C/C=C(\C=NC)C(CN(CCC1=CC=C(N)C=CC1)C(=O)O)OC(C)C. The van der Waals surface area contributed by atoms with Crippen LogP contribution in [0.3, 0.4) is 0 Å². The second-order valence-corrected chi connectivity index (χ2v) is 6.54. The number of rotatable bonds is 10. The third kappa shape index (κ3) is 8.55. The van der Waals surface area contributed by atoms with Crippen molar-refractivity contribution in [3.05, 3.63) is 59.9 Å². The van der Waals surface area contributed by atoms with Gasteiger partial charge in [0.2, 0.25) is 0 Å². The van der Waals surface area contributed by atoms with Gasteiger partial charge in [0.15, 0.2) is 0 Å². The second kappa shape index (κ2) is 11.9. The molecule has 0 bridgehead atoms. The summed E-state index contributed by atoms with van der Waals surface area (Å²) in [5, 5.41) is 9.66. The molecule has 0 aromatic carbocycles. The molecule has 0 heterocycles. The minimum Gasteiger partial charge on any atom is -0.465 e. The Kier molecular flexibility index (Phi) is 9.90. The number of carboxylic acid groups (broad SMARTS) is 1. The van der Waals surface area contributed by atoms with E-state index in [1.54, 1.807) is 25.4 Å². The predicted molar refractivity (Wildman–Crippen MR) is 111 cm³/mol. The van der Waals surface area contributed by atoms with Crippen LogP contribution in [0.2, 0.25) is 0 Å². The first-order valence-electron chi connectivity index (χ1n) is 9.07. The molecule has 0 aromatic rings. The zero-order valence-corrected chi connectivity index (χ0v) is 16.5. The lowest BCUT2D eigenvalue weighted by Crippen LogP contribution is -2.40. The summed E-state index contributed by atoms with van der Waals surface area (Å²) in [6.45, 7) is 8.17. The van der Waals surface area contributed by atoms with Crippen LogP contribution in [0.1, 0.15) is 26.7 Å². The standard InChI is InChI=1S/C21H31N3O3/c1-5-7-18(14-23-4)20(27-16(2)3)15-24(21(25)26)13-12-17-8-6-9-19(22)11-10-17/h5-7,9-11,14,16,20H,1,8,12-13,15,22H2,2-4H3,(H,25,26)/b18-7+,23-14?. The van der Waals surface area contributed by atoms with Crippen molar-refractivity contribution >= 4 is 12.3 Å². The molecular weight excluding hydrogens is 342 g/mol. The van der Waals surface area contributed by atoms with Gasteiger partial charge < -0.3 is 20.5 Å². The number of amides is 1. The van der Waals surface area contributed by atoms with Crippen LogP contribution < -0.4 is 5.73 Å². The Balaban J connectivity index is 2.89. The maximum atomic E-state index is 11.8. The quantitative estimate of drug-likeness (QED) is 0.451. The molecule has 0 spiro atoms. The highest BCUT2D eigenvalue weighted by atomic mass is 16.5. The summed E-state index contributed by atoms with van der Waals surface area (Å²) in [6, 6.07) is 0. The van der Waals surface area contributed by atoms with E-state index >= 15 is 0 Å². The highest BCUT2D eigenvalue weighted by molar-refractivity contribution is 5.80. The van der Waals surface area contributed by atoms with Crippen LogP contribution in [-0.2, 0) is 4.74 Å². The summed E-state index contributed by atoms with van der Waals surface area (Å²) in [5.74, 6) is 0. The van der Waals surface area contributed by atoms with E-state index in [0.717, 1.165) is 17.6 Å². The fourth-order valence-corrected chi connectivity index (χ4v) is 2.69. The molecule has 1 unspecified atom stereocenters. The third-order valence-corrected chi connectivity index (χ3v) is 3.96. The predicted octanol–water partition coefficient (Wildman–Crippen LogP) is 3.69. The molecule has 1 aliphatic rings.